The highest BCUT2D eigenvalue weighted by atomic mass is 16.5. The monoisotopic (exact) mass is 258 g/mol. The van der Waals surface area contributed by atoms with E-state index in [2.05, 4.69) is 6.58 Å². The first kappa shape index (κ1) is 16.1. The second-order valence-corrected chi connectivity index (χ2v) is 4.08. The zero-order valence-corrected chi connectivity index (χ0v) is 10.5. The fourth-order valence-corrected chi connectivity index (χ4v) is 1.35. The minimum atomic E-state index is -1.21. The van der Waals surface area contributed by atoms with Gasteiger partial charge in [0.15, 0.2) is 0 Å². The quantitative estimate of drug-likeness (QED) is 0.504. The molecule has 0 radical (unpaired) electrons. The SMILES string of the molecule is C=C(C)C(=O)OC(CC)CC(CC(=O)O)C(=O)O. The highest BCUT2D eigenvalue weighted by Crippen LogP contribution is 2.17. The molecule has 0 aromatic rings. The fraction of sp³-hybridized carbons (Fsp3) is 0.583. The predicted octanol–water partition coefficient (Wildman–Crippen LogP) is 1.45. The molecule has 6 heteroatoms. The molecule has 2 atom stereocenters. The molecule has 0 spiro atoms. The van der Waals surface area contributed by atoms with Crippen LogP contribution < -0.4 is 0 Å². The Morgan fingerprint density at radius 3 is 2.17 bits per heavy atom. The van der Waals surface area contributed by atoms with Gasteiger partial charge in [-0.1, -0.05) is 13.5 Å². The third-order valence-electron chi connectivity index (χ3n) is 2.40. The van der Waals surface area contributed by atoms with E-state index in [1.165, 1.54) is 6.92 Å². The molecular formula is C12H18O6. The van der Waals surface area contributed by atoms with E-state index in [1.54, 1.807) is 6.92 Å². The molecule has 0 bridgehead atoms. The van der Waals surface area contributed by atoms with Gasteiger partial charge in [-0.2, -0.15) is 0 Å². The van der Waals surface area contributed by atoms with Crippen molar-refractivity contribution in [3.8, 4) is 0 Å². The summed E-state index contributed by atoms with van der Waals surface area (Å²) in [6, 6.07) is 0. The van der Waals surface area contributed by atoms with Gasteiger partial charge in [0, 0.05) is 5.57 Å². The van der Waals surface area contributed by atoms with Gasteiger partial charge < -0.3 is 14.9 Å². The molecule has 0 heterocycles. The highest BCUT2D eigenvalue weighted by Gasteiger charge is 2.26. The average Bonchev–Trinajstić information content (AvgIpc) is 2.25. The summed E-state index contributed by atoms with van der Waals surface area (Å²) >= 11 is 0. The largest absolute Gasteiger partial charge is 0.481 e. The van der Waals surface area contributed by atoms with Crippen molar-refractivity contribution in [3.63, 3.8) is 0 Å². The molecule has 0 amide bonds. The van der Waals surface area contributed by atoms with E-state index >= 15 is 0 Å². The summed E-state index contributed by atoms with van der Waals surface area (Å²) < 4.78 is 5.03. The maximum Gasteiger partial charge on any atom is 0.333 e. The number of ether oxygens (including phenoxy) is 1. The third-order valence-corrected chi connectivity index (χ3v) is 2.40. The third kappa shape index (κ3) is 6.03. The van der Waals surface area contributed by atoms with Gasteiger partial charge in [-0.25, -0.2) is 4.79 Å². The Hall–Kier alpha value is -1.85. The smallest absolute Gasteiger partial charge is 0.333 e. The van der Waals surface area contributed by atoms with E-state index in [1.807, 2.05) is 0 Å². The van der Waals surface area contributed by atoms with Crippen LogP contribution in [0.15, 0.2) is 12.2 Å². The highest BCUT2D eigenvalue weighted by molar-refractivity contribution is 5.87. The summed E-state index contributed by atoms with van der Waals surface area (Å²) in [5, 5.41) is 17.5. The van der Waals surface area contributed by atoms with Crippen LogP contribution in [-0.2, 0) is 19.1 Å². The number of esters is 1. The van der Waals surface area contributed by atoms with Crippen LogP contribution in [0.5, 0.6) is 0 Å². The summed E-state index contributed by atoms with van der Waals surface area (Å²) in [5.41, 5.74) is 0.221. The van der Waals surface area contributed by atoms with Gasteiger partial charge in [0.1, 0.15) is 6.10 Å². The molecule has 0 saturated carbocycles. The Kier molecular flexibility index (Phi) is 6.70. The molecule has 0 aliphatic heterocycles. The molecule has 18 heavy (non-hydrogen) atoms. The van der Waals surface area contributed by atoms with Crippen LogP contribution in [0.25, 0.3) is 0 Å². The van der Waals surface area contributed by atoms with Gasteiger partial charge in [0.25, 0.3) is 0 Å². The number of carboxylic acid groups (broad SMARTS) is 2. The lowest BCUT2D eigenvalue weighted by molar-refractivity contribution is -0.153. The van der Waals surface area contributed by atoms with Crippen molar-refractivity contribution in [2.45, 2.75) is 39.2 Å². The van der Waals surface area contributed by atoms with Gasteiger partial charge in [-0.3, -0.25) is 9.59 Å². The number of rotatable bonds is 8. The van der Waals surface area contributed by atoms with Crippen molar-refractivity contribution in [2.75, 3.05) is 0 Å². The Labute approximate surface area is 105 Å². The molecule has 0 aliphatic carbocycles. The van der Waals surface area contributed by atoms with Crippen LogP contribution in [0.2, 0.25) is 0 Å². The summed E-state index contributed by atoms with van der Waals surface area (Å²) in [6.07, 6.45) is -0.703. The first-order chi connectivity index (χ1) is 8.27. The Morgan fingerprint density at radius 2 is 1.83 bits per heavy atom. The first-order valence-corrected chi connectivity index (χ1v) is 5.59. The summed E-state index contributed by atoms with van der Waals surface area (Å²) in [7, 11) is 0. The number of hydrogen-bond acceptors (Lipinski definition) is 4. The second-order valence-electron chi connectivity index (χ2n) is 4.08. The maximum atomic E-state index is 11.3. The lowest BCUT2D eigenvalue weighted by atomic mass is 9.97. The van der Waals surface area contributed by atoms with Crippen LogP contribution in [-0.4, -0.2) is 34.2 Å². The van der Waals surface area contributed by atoms with Gasteiger partial charge in [0.2, 0.25) is 0 Å². The normalized spacial score (nSPS) is 13.4. The van der Waals surface area contributed by atoms with Crippen molar-refractivity contribution in [1.82, 2.24) is 0 Å². The van der Waals surface area contributed by atoms with Crippen LogP contribution >= 0.6 is 0 Å². The molecule has 102 valence electrons. The maximum absolute atomic E-state index is 11.3. The van der Waals surface area contributed by atoms with Gasteiger partial charge in [0.05, 0.1) is 12.3 Å². The minimum Gasteiger partial charge on any atom is -0.481 e. The minimum absolute atomic E-state index is 0.0167. The summed E-state index contributed by atoms with van der Waals surface area (Å²) in [4.78, 5) is 32.7. The van der Waals surface area contributed by atoms with Gasteiger partial charge in [-0.05, 0) is 19.8 Å². The molecule has 0 aliphatic rings. The van der Waals surface area contributed by atoms with E-state index in [0.717, 1.165) is 0 Å². The molecule has 0 fully saturated rings. The molecule has 0 aromatic heterocycles. The Balaban J connectivity index is 4.56. The molecule has 0 aromatic carbocycles. The number of carboxylic acids is 2. The van der Waals surface area contributed by atoms with E-state index in [9.17, 15) is 14.4 Å². The number of aliphatic carboxylic acids is 2. The molecule has 2 N–H and O–H groups in total. The number of carbonyl (C=O) groups is 3. The first-order valence-electron chi connectivity index (χ1n) is 5.59. The van der Waals surface area contributed by atoms with Crippen molar-refractivity contribution < 1.29 is 29.3 Å². The second kappa shape index (κ2) is 7.47. The summed E-state index contributed by atoms with van der Waals surface area (Å²) in [6.45, 7) is 6.64. The van der Waals surface area contributed by atoms with E-state index in [4.69, 9.17) is 14.9 Å². The zero-order valence-electron chi connectivity index (χ0n) is 10.5. The predicted molar refractivity (Wildman–Crippen MR) is 63.0 cm³/mol. The number of carbonyl (C=O) groups excluding carboxylic acids is 1. The average molecular weight is 258 g/mol. The van der Waals surface area contributed by atoms with Crippen molar-refractivity contribution in [2.24, 2.45) is 5.92 Å². The van der Waals surface area contributed by atoms with E-state index in [-0.39, 0.29) is 12.0 Å². The van der Waals surface area contributed by atoms with Crippen LogP contribution in [0.1, 0.15) is 33.1 Å². The Morgan fingerprint density at radius 1 is 1.28 bits per heavy atom. The molecule has 6 nitrogen and oxygen atoms in total. The lowest BCUT2D eigenvalue weighted by Gasteiger charge is -2.19. The van der Waals surface area contributed by atoms with Crippen LogP contribution in [0, 0.1) is 5.92 Å². The van der Waals surface area contributed by atoms with Gasteiger partial charge >= 0.3 is 17.9 Å². The topological polar surface area (TPSA) is 101 Å². The molecule has 0 rings (SSSR count). The van der Waals surface area contributed by atoms with E-state index < -0.39 is 36.4 Å². The zero-order chi connectivity index (χ0) is 14.3. The van der Waals surface area contributed by atoms with Crippen LogP contribution in [0.3, 0.4) is 0 Å². The fourth-order valence-electron chi connectivity index (χ4n) is 1.35. The van der Waals surface area contributed by atoms with Crippen LogP contribution in [0.4, 0.5) is 0 Å². The Bertz CT molecular complexity index is 346. The van der Waals surface area contributed by atoms with Crippen molar-refractivity contribution in [3.05, 3.63) is 12.2 Å². The van der Waals surface area contributed by atoms with E-state index in [0.29, 0.717) is 6.42 Å². The molecule has 2 unspecified atom stereocenters. The number of hydrogen-bond donors (Lipinski definition) is 2. The lowest BCUT2D eigenvalue weighted by Crippen LogP contribution is -2.26. The van der Waals surface area contributed by atoms with Gasteiger partial charge in [-0.15, -0.1) is 0 Å². The van der Waals surface area contributed by atoms with Crippen molar-refractivity contribution >= 4 is 17.9 Å². The standard InChI is InChI=1S/C12H18O6/c1-4-9(18-12(17)7(2)3)5-8(11(15)16)6-10(13)14/h8-9H,2,4-6H2,1,3H3,(H,13,14)(H,15,16). The van der Waals surface area contributed by atoms with Crippen molar-refractivity contribution in [1.29, 1.82) is 0 Å². The summed E-state index contributed by atoms with van der Waals surface area (Å²) in [5.74, 6) is -4.06. The molecule has 0 saturated heterocycles. The molecular weight excluding hydrogens is 240 g/mol.